The highest BCUT2D eigenvalue weighted by Gasteiger charge is 2.60. The molecule has 33 heavy (non-hydrogen) atoms. The van der Waals surface area contributed by atoms with Gasteiger partial charge in [0.2, 0.25) is 16.6 Å². The molecule has 0 amide bonds. The fourth-order valence-corrected chi connectivity index (χ4v) is 18.3. The van der Waals surface area contributed by atoms with Crippen molar-refractivity contribution in [3.8, 4) is 0 Å². The summed E-state index contributed by atoms with van der Waals surface area (Å²) < 4.78 is 14.8. The van der Waals surface area contributed by atoms with Crippen LogP contribution in [0.5, 0.6) is 0 Å². The van der Waals surface area contributed by atoms with Crippen LogP contribution in [0.2, 0.25) is 32.7 Å². The lowest BCUT2D eigenvalue weighted by atomic mass is 10.0. The smallest absolute Gasteiger partial charge is 0.206 e. The van der Waals surface area contributed by atoms with Crippen molar-refractivity contribution in [2.75, 3.05) is 0 Å². The van der Waals surface area contributed by atoms with Crippen LogP contribution in [0.1, 0.15) is 101 Å². The van der Waals surface area contributed by atoms with Crippen LogP contribution >= 0.6 is 0 Å². The Balaban J connectivity index is 2.71. The van der Waals surface area contributed by atoms with Crippen LogP contribution in [0.15, 0.2) is 30.3 Å². The molecule has 1 aromatic carbocycles. The van der Waals surface area contributed by atoms with Gasteiger partial charge in [-0.15, -0.1) is 0 Å². The minimum Gasteiger partial charge on any atom is -0.410 e. The molecule has 1 aliphatic heterocycles. The number of benzene rings is 1. The molecule has 3 nitrogen and oxygen atoms in total. The molecule has 0 unspecified atom stereocenters. The maximum atomic E-state index is 11.5. The molecule has 1 saturated heterocycles. The lowest BCUT2D eigenvalue weighted by Crippen LogP contribution is -2.56. The molecule has 1 heterocycles. The summed E-state index contributed by atoms with van der Waals surface area (Å²) in [4.78, 5) is 0. The molecule has 5 heteroatoms. The summed E-state index contributed by atoms with van der Waals surface area (Å²) in [6.07, 6.45) is -0.0644. The van der Waals surface area contributed by atoms with Crippen LogP contribution in [0, 0.1) is 0 Å². The first-order valence-electron chi connectivity index (χ1n) is 13.1. The van der Waals surface area contributed by atoms with Gasteiger partial charge in [-0.05, 0) is 38.3 Å². The quantitative estimate of drug-likeness (QED) is 0.404. The van der Waals surface area contributed by atoms with E-state index >= 15 is 0 Å². The molecule has 190 valence electrons. The van der Waals surface area contributed by atoms with Crippen molar-refractivity contribution in [1.29, 1.82) is 0 Å². The second-order valence-corrected chi connectivity index (χ2v) is 24.0. The Hall–Kier alpha value is -0.466. The van der Waals surface area contributed by atoms with Crippen molar-refractivity contribution >= 4 is 16.6 Å². The molecule has 1 N–H and O–H groups in total. The predicted molar refractivity (Wildman–Crippen MR) is 147 cm³/mol. The molecule has 0 spiro atoms. The number of rotatable bonds is 6. The van der Waals surface area contributed by atoms with Gasteiger partial charge < -0.3 is 14.0 Å². The largest absolute Gasteiger partial charge is 0.410 e. The molecule has 1 aliphatic rings. The summed E-state index contributed by atoms with van der Waals surface area (Å²) in [5.41, 5.74) is 2.64. The Morgan fingerprint density at radius 1 is 0.879 bits per heavy atom. The van der Waals surface area contributed by atoms with Crippen LogP contribution in [0.25, 0.3) is 0 Å². The van der Waals surface area contributed by atoms with E-state index in [0.29, 0.717) is 23.0 Å². The molecular formula is C28H52O3Si2. The third-order valence-electron chi connectivity index (χ3n) is 8.31. The second kappa shape index (κ2) is 10.3. The van der Waals surface area contributed by atoms with Crippen molar-refractivity contribution < 1.29 is 14.0 Å². The molecule has 2 rings (SSSR count). The van der Waals surface area contributed by atoms with Gasteiger partial charge in [-0.25, -0.2) is 0 Å². The minimum atomic E-state index is -2.46. The molecule has 0 aromatic heterocycles. The van der Waals surface area contributed by atoms with Crippen molar-refractivity contribution in [3.05, 3.63) is 35.9 Å². The van der Waals surface area contributed by atoms with Gasteiger partial charge in [0.05, 0.1) is 18.3 Å². The molecule has 0 saturated carbocycles. The fraction of sp³-hybridized carbons (Fsp3) is 0.786. The first-order valence-corrected chi connectivity index (χ1v) is 17.3. The standard InChI is InChI=1S/C28H52O3Si2/c1-20(2)33(21(3)4,22(5)6)30-25-18-24(29)19-32(27(7,8)9,28(10,11)12)31-26(25)23-16-14-13-15-17-23/h13-17,20-22,24-26,29H,18-19H2,1-12H3/t24-,25+,26-/m1/s1. The van der Waals surface area contributed by atoms with E-state index in [1.54, 1.807) is 0 Å². The Kier molecular flexibility index (Phi) is 8.94. The highest BCUT2D eigenvalue weighted by atomic mass is 28.4. The number of hydrogen-bond acceptors (Lipinski definition) is 3. The lowest BCUT2D eigenvalue weighted by Gasteiger charge is -2.52. The van der Waals surface area contributed by atoms with E-state index in [2.05, 4.69) is 113 Å². The van der Waals surface area contributed by atoms with E-state index < -0.39 is 22.7 Å². The first-order chi connectivity index (χ1) is 15.0. The summed E-state index contributed by atoms with van der Waals surface area (Å²) in [5, 5.41) is 11.5. The van der Waals surface area contributed by atoms with Crippen molar-refractivity contribution in [1.82, 2.24) is 0 Å². The Morgan fingerprint density at radius 3 is 1.73 bits per heavy atom. The topological polar surface area (TPSA) is 38.7 Å². The van der Waals surface area contributed by atoms with Crippen LogP contribution in [-0.4, -0.2) is 33.9 Å². The van der Waals surface area contributed by atoms with Gasteiger partial charge >= 0.3 is 0 Å². The highest BCUT2D eigenvalue weighted by Crippen LogP contribution is 2.58. The van der Waals surface area contributed by atoms with Gasteiger partial charge in [0.1, 0.15) is 0 Å². The van der Waals surface area contributed by atoms with E-state index in [1.165, 1.54) is 5.56 Å². The Morgan fingerprint density at radius 2 is 1.33 bits per heavy atom. The predicted octanol–water partition coefficient (Wildman–Crippen LogP) is 8.62. The molecular weight excluding hydrogens is 440 g/mol. The van der Waals surface area contributed by atoms with E-state index in [1.807, 2.05) is 0 Å². The van der Waals surface area contributed by atoms with Gasteiger partial charge in [-0.1, -0.05) is 113 Å². The number of hydrogen-bond donors (Lipinski definition) is 1. The molecule has 0 radical (unpaired) electrons. The van der Waals surface area contributed by atoms with Crippen molar-refractivity contribution in [2.45, 2.75) is 141 Å². The van der Waals surface area contributed by atoms with E-state index in [0.717, 1.165) is 6.04 Å². The maximum absolute atomic E-state index is 11.5. The molecule has 3 atom stereocenters. The third kappa shape index (κ3) is 5.53. The molecule has 1 aromatic rings. The van der Waals surface area contributed by atoms with Gasteiger partial charge in [0, 0.05) is 6.42 Å². The van der Waals surface area contributed by atoms with Gasteiger partial charge in [-0.2, -0.15) is 0 Å². The van der Waals surface area contributed by atoms with E-state index in [4.69, 9.17) is 8.85 Å². The minimum absolute atomic E-state index is 0.0171. The summed E-state index contributed by atoms with van der Waals surface area (Å²) >= 11 is 0. The number of aliphatic hydroxyl groups excluding tert-OH is 1. The summed E-state index contributed by atoms with van der Waals surface area (Å²) in [7, 11) is -4.61. The second-order valence-electron chi connectivity index (χ2n) is 13.3. The van der Waals surface area contributed by atoms with Gasteiger partial charge in [0.25, 0.3) is 0 Å². The van der Waals surface area contributed by atoms with E-state index in [9.17, 15) is 5.11 Å². The van der Waals surface area contributed by atoms with Crippen LogP contribution in [0.3, 0.4) is 0 Å². The maximum Gasteiger partial charge on any atom is 0.206 e. The number of aliphatic hydroxyl groups is 1. The highest BCUT2D eigenvalue weighted by molar-refractivity contribution is 6.79. The summed E-state index contributed by atoms with van der Waals surface area (Å²) in [5.74, 6) is 0. The zero-order valence-electron chi connectivity index (χ0n) is 23.5. The van der Waals surface area contributed by atoms with Crippen molar-refractivity contribution in [2.24, 2.45) is 0 Å². The molecule has 0 aliphatic carbocycles. The Labute approximate surface area is 206 Å². The first kappa shape index (κ1) is 28.8. The zero-order valence-corrected chi connectivity index (χ0v) is 25.5. The fourth-order valence-electron chi connectivity index (χ4n) is 6.94. The average Bonchev–Trinajstić information content (AvgIpc) is 2.82. The normalized spacial score (nSPS) is 25.0. The van der Waals surface area contributed by atoms with Crippen LogP contribution in [0.4, 0.5) is 0 Å². The van der Waals surface area contributed by atoms with Crippen molar-refractivity contribution in [3.63, 3.8) is 0 Å². The summed E-state index contributed by atoms with van der Waals surface area (Å²) in [6, 6.07) is 11.4. The molecule has 0 bridgehead atoms. The van der Waals surface area contributed by atoms with E-state index in [-0.39, 0.29) is 22.3 Å². The Bertz CT molecular complexity index is 711. The monoisotopic (exact) mass is 492 g/mol. The van der Waals surface area contributed by atoms with Crippen LogP contribution < -0.4 is 0 Å². The van der Waals surface area contributed by atoms with Gasteiger partial charge in [0.15, 0.2) is 0 Å². The average molecular weight is 493 g/mol. The molecule has 1 fully saturated rings. The van der Waals surface area contributed by atoms with Crippen LogP contribution in [-0.2, 0) is 8.85 Å². The van der Waals surface area contributed by atoms with Gasteiger partial charge in [-0.3, -0.25) is 0 Å². The summed E-state index contributed by atoms with van der Waals surface area (Å²) in [6.45, 7) is 27.9. The zero-order chi connectivity index (χ0) is 25.4. The third-order valence-corrected chi connectivity index (χ3v) is 21.0. The lowest BCUT2D eigenvalue weighted by molar-refractivity contribution is 0.0156. The SMILES string of the molecule is CC(C)[Si](O[C@H]1C[C@@H](O)C[Si](C(C)(C)C)(C(C)(C)C)O[C@@H]1c1ccccc1)(C(C)C)C(C)C.